The van der Waals surface area contributed by atoms with Crippen LogP contribution in [0.1, 0.15) is 142 Å². The number of hydrogen-bond acceptors (Lipinski definition) is 5. The molecule has 3 atom stereocenters. The average molecular weight is 620 g/mol. The molecule has 0 aromatic rings. The first-order valence-electron chi connectivity index (χ1n) is 17.1. The van der Waals surface area contributed by atoms with Crippen LogP contribution < -0.4 is 5.32 Å². The summed E-state index contributed by atoms with van der Waals surface area (Å²) < 4.78 is 23.1. The highest BCUT2D eigenvalue weighted by Gasteiger charge is 2.27. The zero-order chi connectivity index (χ0) is 31.5. The molecular formula is C33H68N2O6P+. The maximum Gasteiger partial charge on any atom is 0.472 e. The molecule has 42 heavy (non-hydrogen) atoms. The van der Waals surface area contributed by atoms with Gasteiger partial charge in [0.1, 0.15) is 13.2 Å². The molecule has 9 heteroatoms. The number of allylic oxidation sites excluding steroid dienone is 1. The van der Waals surface area contributed by atoms with Crippen molar-refractivity contribution in [1.82, 2.24) is 5.32 Å². The lowest BCUT2D eigenvalue weighted by Gasteiger charge is -2.25. The largest absolute Gasteiger partial charge is 0.472 e. The molecule has 1 amide bonds. The lowest BCUT2D eigenvalue weighted by atomic mass is 10.0. The van der Waals surface area contributed by atoms with E-state index in [2.05, 4.69) is 12.2 Å². The molecule has 0 aliphatic carbocycles. The van der Waals surface area contributed by atoms with Crippen molar-refractivity contribution in [2.75, 3.05) is 40.9 Å². The molecule has 3 unspecified atom stereocenters. The van der Waals surface area contributed by atoms with Gasteiger partial charge in [0.15, 0.2) is 0 Å². The molecule has 0 saturated heterocycles. The van der Waals surface area contributed by atoms with Gasteiger partial charge < -0.3 is 19.8 Å². The normalized spacial score (nSPS) is 15.1. The highest BCUT2D eigenvalue weighted by Crippen LogP contribution is 2.43. The number of likely N-dealkylation sites (N-methyl/N-ethyl adjacent to an activating group) is 1. The molecule has 0 rings (SSSR count). The Morgan fingerprint density at radius 2 is 1.26 bits per heavy atom. The molecule has 0 radical (unpaired) electrons. The Bertz CT molecular complexity index is 713. The molecule has 0 spiro atoms. The average Bonchev–Trinajstić information content (AvgIpc) is 2.92. The third kappa shape index (κ3) is 28.0. The van der Waals surface area contributed by atoms with Crippen molar-refractivity contribution in [1.29, 1.82) is 0 Å². The fourth-order valence-electron chi connectivity index (χ4n) is 4.69. The van der Waals surface area contributed by atoms with Crippen LogP contribution in [0, 0.1) is 0 Å². The second-order valence-electron chi connectivity index (χ2n) is 12.9. The van der Waals surface area contributed by atoms with E-state index in [-0.39, 0.29) is 19.1 Å². The first-order valence-corrected chi connectivity index (χ1v) is 18.6. The number of amides is 1. The molecule has 8 nitrogen and oxygen atoms in total. The molecule has 0 saturated carbocycles. The van der Waals surface area contributed by atoms with Crippen LogP contribution in [-0.4, -0.2) is 73.4 Å². The molecule has 0 aromatic carbocycles. The minimum absolute atomic E-state index is 0.0621. The summed E-state index contributed by atoms with van der Waals surface area (Å²) in [5.74, 6) is -0.189. The fourth-order valence-corrected chi connectivity index (χ4v) is 5.43. The van der Waals surface area contributed by atoms with Crippen molar-refractivity contribution in [2.45, 2.75) is 154 Å². The van der Waals surface area contributed by atoms with Gasteiger partial charge in [0.05, 0.1) is 39.9 Å². The summed E-state index contributed by atoms with van der Waals surface area (Å²) in [4.78, 5) is 22.6. The van der Waals surface area contributed by atoms with Gasteiger partial charge in [-0.15, -0.1) is 0 Å². The Morgan fingerprint density at radius 1 is 0.786 bits per heavy atom. The van der Waals surface area contributed by atoms with Crippen molar-refractivity contribution >= 4 is 13.7 Å². The molecule has 250 valence electrons. The first kappa shape index (κ1) is 41.2. The summed E-state index contributed by atoms with van der Waals surface area (Å²) >= 11 is 0. The molecule has 0 aliphatic rings. The summed E-state index contributed by atoms with van der Waals surface area (Å²) in [5, 5.41) is 13.4. The number of hydrogen-bond donors (Lipinski definition) is 3. The number of nitrogens with one attached hydrogen (secondary N) is 1. The Balaban J connectivity index is 4.12. The number of aliphatic hydroxyl groups is 1. The second kappa shape index (κ2) is 26.6. The van der Waals surface area contributed by atoms with E-state index in [1.807, 2.05) is 34.1 Å². The van der Waals surface area contributed by atoms with Crippen molar-refractivity contribution in [3.63, 3.8) is 0 Å². The van der Waals surface area contributed by atoms with E-state index in [4.69, 9.17) is 9.05 Å². The maximum absolute atomic E-state index is 12.6. The number of nitrogens with zero attached hydrogens (tertiary/aromatic N) is 1. The second-order valence-corrected chi connectivity index (χ2v) is 14.4. The Kier molecular flexibility index (Phi) is 26.1. The minimum Gasteiger partial charge on any atom is -0.387 e. The van der Waals surface area contributed by atoms with Crippen LogP contribution in [0.3, 0.4) is 0 Å². The van der Waals surface area contributed by atoms with Crippen LogP contribution >= 0.6 is 7.82 Å². The summed E-state index contributed by atoms with van der Waals surface area (Å²) in [6.45, 7) is 4.58. The van der Waals surface area contributed by atoms with E-state index in [0.717, 1.165) is 32.1 Å². The van der Waals surface area contributed by atoms with Gasteiger partial charge in [-0.25, -0.2) is 4.57 Å². The van der Waals surface area contributed by atoms with Gasteiger partial charge in [0.25, 0.3) is 0 Å². The molecule has 0 fully saturated rings. The van der Waals surface area contributed by atoms with E-state index in [9.17, 15) is 19.4 Å². The predicted molar refractivity (Wildman–Crippen MR) is 175 cm³/mol. The Labute approximate surface area is 259 Å². The predicted octanol–water partition coefficient (Wildman–Crippen LogP) is 8.07. The molecule has 3 N–H and O–H groups in total. The van der Waals surface area contributed by atoms with Gasteiger partial charge >= 0.3 is 7.82 Å². The number of unbranched alkanes of at least 4 members (excludes halogenated alkanes) is 17. The number of carbonyl (C=O) groups is 1. The summed E-state index contributed by atoms with van der Waals surface area (Å²) in [6, 6.07) is -0.834. The lowest BCUT2D eigenvalue weighted by Crippen LogP contribution is -2.45. The number of phosphoric ester groups is 1. The molecule has 0 aliphatic heterocycles. The number of carbonyl (C=O) groups excluding carboxylic acids is 1. The summed E-state index contributed by atoms with van der Waals surface area (Å²) in [6.07, 6.45) is 26.4. The third-order valence-electron chi connectivity index (χ3n) is 7.49. The fraction of sp³-hybridized carbons (Fsp3) is 0.909. The van der Waals surface area contributed by atoms with Crippen molar-refractivity contribution in [3.8, 4) is 0 Å². The van der Waals surface area contributed by atoms with Crippen LogP contribution in [0.15, 0.2) is 12.2 Å². The van der Waals surface area contributed by atoms with Gasteiger partial charge in [-0.1, -0.05) is 135 Å². The monoisotopic (exact) mass is 619 g/mol. The Hall–Kier alpha value is -0.760. The topological polar surface area (TPSA) is 105 Å². The smallest absolute Gasteiger partial charge is 0.387 e. The van der Waals surface area contributed by atoms with E-state index < -0.39 is 20.0 Å². The summed E-state index contributed by atoms with van der Waals surface area (Å²) in [7, 11) is 1.57. The third-order valence-corrected chi connectivity index (χ3v) is 8.47. The zero-order valence-electron chi connectivity index (χ0n) is 28.0. The molecule has 0 bridgehead atoms. The van der Waals surface area contributed by atoms with Crippen LogP contribution in [0.25, 0.3) is 0 Å². The van der Waals surface area contributed by atoms with Crippen LogP contribution in [0.4, 0.5) is 0 Å². The van der Waals surface area contributed by atoms with E-state index in [0.29, 0.717) is 17.4 Å². The van der Waals surface area contributed by atoms with Gasteiger partial charge in [0, 0.05) is 6.42 Å². The number of quaternary nitrogens is 1. The molecule has 0 heterocycles. The van der Waals surface area contributed by atoms with Crippen molar-refractivity contribution < 1.29 is 32.9 Å². The quantitative estimate of drug-likeness (QED) is 0.0325. The zero-order valence-corrected chi connectivity index (χ0v) is 28.9. The van der Waals surface area contributed by atoms with Crippen molar-refractivity contribution in [3.05, 3.63) is 12.2 Å². The van der Waals surface area contributed by atoms with E-state index in [1.165, 1.54) is 89.9 Å². The SMILES string of the molecule is CCC/C=C/C(O)C(COP(=O)(O)OCC[N+](C)(C)C)NC(=O)CCCCCCCCCCCCCCCCCCC. The summed E-state index contributed by atoms with van der Waals surface area (Å²) in [5.41, 5.74) is 0. The van der Waals surface area contributed by atoms with Gasteiger partial charge in [0.2, 0.25) is 5.91 Å². The highest BCUT2D eigenvalue weighted by atomic mass is 31.2. The number of aliphatic hydroxyl groups excluding tert-OH is 1. The Morgan fingerprint density at radius 3 is 1.71 bits per heavy atom. The van der Waals surface area contributed by atoms with Crippen molar-refractivity contribution in [2.24, 2.45) is 0 Å². The molecule has 0 aromatic heterocycles. The van der Waals surface area contributed by atoms with Crippen LogP contribution in [0.2, 0.25) is 0 Å². The van der Waals surface area contributed by atoms with Crippen LogP contribution in [-0.2, 0) is 18.4 Å². The number of phosphoric acid groups is 1. The number of rotatable bonds is 30. The first-order chi connectivity index (χ1) is 20.0. The molecular weight excluding hydrogens is 551 g/mol. The van der Waals surface area contributed by atoms with Crippen LogP contribution in [0.5, 0.6) is 0 Å². The lowest BCUT2D eigenvalue weighted by molar-refractivity contribution is -0.870. The van der Waals surface area contributed by atoms with Gasteiger partial charge in [-0.05, 0) is 12.8 Å². The maximum atomic E-state index is 12.6. The highest BCUT2D eigenvalue weighted by molar-refractivity contribution is 7.47. The minimum atomic E-state index is -4.30. The van der Waals surface area contributed by atoms with E-state index in [1.54, 1.807) is 6.08 Å². The van der Waals surface area contributed by atoms with E-state index >= 15 is 0 Å². The van der Waals surface area contributed by atoms with Gasteiger partial charge in [-0.3, -0.25) is 13.8 Å². The van der Waals surface area contributed by atoms with Gasteiger partial charge in [-0.2, -0.15) is 0 Å². The standard InChI is InChI=1S/C33H67N2O6P/c1-6-8-10-11-12-13-14-15-16-17-18-19-20-21-22-23-25-27-33(37)34-31(32(36)26-24-9-7-2)30-41-42(38,39)40-29-28-35(3,4)5/h24,26,31-32,36H,6-23,25,27-30H2,1-5H3,(H-,34,37,38,39)/p+1/b26-24+.